The van der Waals surface area contributed by atoms with Gasteiger partial charge in [-0.1, -0.05) is 17.3 Å². The lowest BCUT2D eigenvalue weighted by Crippen LogP contribution is -2.37. The fraction of sp³-hybridized carbons (Fsp3) is 0.385. The van der Waals surface area contributed by atoms with E-state index in [0.717, 1.165) is 6.42 Å². The Labute approximate surface area is 111 Å². The van der Waals surface area contributed by atoms with Crippen LogP contribution in [0.1, 0.15) is 22.3 Å². The molecule has 1 aromatic rings. The molecule has 6 nitrogen and oxygen atoms in total. The quantitative estimate of drug-likeness (QED) is 0.362. The molecule has 102 valence electrons. The molecule has 1 heterocycles. The van der Waals surface area contributed by atoms with Gasteiger partial charge in [0, 0.05) is 24.8 Å². The first-order valence-electron chi connectivity index (χ1n) is 6.06. The average molecular weight is 263 g/mol. The van der Waals surface area contributed by atoms with E-state index in [2.05, 4.69) is 5.16 Å². The van der Waals surface area contributed by atoms with Crippen LogP contribution in [0.5, 0.6) is 0 Å². The highest BCUT2D eigenvalue weighted by atomic mass is 16.5. The van der Waals surface area contributed by atoms with Gasteiger partial charge in [0.1, 0.15) is 0 Å². The predicted molar refractivity (Wildman–Crippen MR) is 70.3 cm³/mol. The molecule has 0 aromatic heterocycles. The van der Waals surface area contributed by atoms with Gasteiger partial charge < -0.3 is 20.6 Å². The third-order valence-corrected chi connectivity index (χ3v) is 3.29. The summed E-state index contributed by atoms with van der Waals surface area (Å²) >= 11 is 0. The van der Waals surface area contributed by atoms with Gasteiger partial charge in [-0.25, -0.2) is 0 Å². The standard InChI is InChI=1S/C13H17N3O3/c1-16(11-5-6-19-8-11)13(17)10-4-2-3-9(7-10)12(14)15-18/h2-4,7,11,18H,5-6,8H2,1H3,(H2,14,15). The maximum atomic E-state index is 12.3. The Morgan fingerprint density at radius 2 is 2.26 bits per heavy atom. The summed E-state index contributed by atoms with van der Waals surface area (Å²) < 4.78 is 5.28. The molecule has 1 unspecified atom stereocenters. The molecule has 1 fully saturated rings. The molecular weight excluding hydrogens is 246 g/mol. The van der Waals surface area contributed by atoms with Gasteiger partial charge in [0.05, 0.1) is 12.6 Å². The molecule has 1 aliphatic rings. The normalized spacial score (nSPS) is 19.4. The van der Waals surface area contributed by atoms with Crippen molar-refractivity contribution in [3.8, 4) is 0 Å². The Morgan fingerprint density at radius 3 is 2.89 bits per heavy atom. The van der Waals surface area contributed by atoms with Crippen LogP contribution in [0, 0.1) is 0 Å². The van der Waals surface area contributed by atoms with Crippen molar-refractivity contribution >= 4 is 11.7 Å². The summed E-state index contributed by atoms with van der Waals surface area (Å²) in [5.41, 5.74) is 6.55. The van der Waals surface area contributed by atoms with Gasteiger partial charge in [-0.3, -0.25) is 4.79 Å². The number of nitrogens with zero attached hydrogens (tertiary/aromatic N) is 2. The Morgan fingerprint density at radius 1 is 1.53 bits per heavy atom. The van der Waals surface area contributed by atoms with E-state index in [4.69, 9.17) is 15.7 Å². The summed E-state index contributed by atoms with van der Waals surface area (Å²) in [5.74, 6) is -0.107. The van der Waals surface area contributed by atoms with E-state index in [0.29, 0.717) is 24.3 Å². The zero-order chi connectivity index (χ0) is 13.8. The fourth-order valence-electron chi connectivity index (χ4n) is 2.07. The minimum Gasteiger partial charge on any atom is -0.409 e. The molecule has 1 saturated heterocycles. The molecular formula is C13H17N3O3. The van der Waals surface area contributed by atoms with Crippen LogP contribution in [0.3, 0.4) is 0 Å². The molecule has 0 spiro atoms. The molecule has 1 atom stereocenters. The number of hydrogen-bond donors (Lipinski definition) is 2. The highest BCUT2D eigenvalue weighted by Gasteiger charge is 2.25. The van der Waals surface area contributed by atoms with E-state index in [1.165, 1.54) is 0 Å². The van der Waals surface area contributed by atoms with Crippen molar-refractivity contribution in [2.75, 3.05) is 20.3 Å². The first kappa shape index (κ1) is 13.4. The average Bonchev–Trinajstić information content (AvgIpc) is 2.99. The second kappa shape index (κ2) is 5.71. The van der Waals surface area contributed by atoms with Crippen LogP contribution in [0.2, 0.25) is 0 Å². The lowest BCUT2D eigenvalue weighted by Gasteiger charge is -2.23. The molecule has 19 heavy (non-hydrogen) atoms. The zero-order valence-electron chi connectivity index (χ0n) is 10.7. The van der Waals surface area contributed by atoms with E-state index in [1.807, 2.05) is 0 Å². The van der Waals surface area contributed by atoms with Crippen molar-refractivity contribution in [3.05, 3.63) is 35.4 Å². The van der Waals surface area contributed by atoms with Crippen molar-refractivity contribution in [1.82, 2.24) is 4.90 Å². The predicted octanol–water partition coefficient (Wildman–Crippen LogP) is 0.642. The first-order valence-corrected chi connectivity index (χ1v) is 6.06. The smallest absolute Gasteiger partial charge is 0.253 e. The van der Waals surface area contributed by atoms with Crippen molar-refractivity contribution in [2.24, 2.45) is 10.9 Å². The Balaban J connectivity index is 2.18. The molecule has 0 aliphatic carbocycles. The lowest BCUT2D eigenvalue weighted by molar-refractivity contribution is 0.0711. The third kappa shape index (κ3) is 2.85. The number of benzene rings is 1. The van der Waals surface area contributed by atoms with Gasteiger partial charge in [-0.2, -0.15) is 0 Å². The Kier molecular flexibility index (Phi) is 4.01. The van der Waals surface area contributed by atoms with Crippen LogP contribution in [-0.4, -0.2) is 48.2 Å². The van der Waals surface area contributed by atoms with Gasteiger partial charge in [-0.05, 0) is 18.6 Å². The number of rotatable bonds is 3. The van der Waals surface area contributed by atoms with Gasteiger partial charge in [0.15, 0.2) is 5.84 Å². The third-order valence-electron chi connectivity index (χ3n) is 3.29. The largest absolute Gasteiger partial charge is 0.409 e. The summed E-state index contributed by atoms with van der Waals surface area (Å²) in [6.45, 7) is 1.26. The van der Waals surface area contributed by atoms with E-state index in [9.17, 15) is 4.79 Å². The number of amidine groups is 1. The van der Waals surface area contributed by atoms with Crippen LogP contribution in [0.15, 0.2) is 29.4 Å². The number of amides is 1. The van der Waals surface area contributed by atoms with Crippen LogP contribution in [-0.2, 0) is 4.74 Å². The number of ether oxygens (including phenoxy) is 1. The monoisotopic (exact) mass is 263 g/mol. The van der Waals surface area contributed by atoms with Crippen LogP contribution in [0.25, 0.3) is 0 Å². The molecule has 1 aliphatic heterocycles. The second-order valence-corrected chi connectivity index (χ2v) is 4.50. The van der Waals surface area contributed by atoms with E-state index >= 15 is 0 Å². The Hall–Kier alpha value is -2.08. The van der Waals surface area contributed by atoms with E-state index < -0.39 is 0 Å². The molecule has 1 aromatic carbocycles. The topological polar surface area (TPSA) is 88.2 Å². The van der Waals surface area contributed by atoms with Crippen molar-refractivity contribution in [1.29, 1.82) is 0 Å². The fourth-order valence-corrected chi connectivity index (χ4v) is 2.07. The molecule has 0 radical (unpaired) electrons. The molecule has 0 saturated carbocycles. The van der Waals surface area contributed by atoms with Crippen molar-refractivity contribution in [2.45, 2.75) is 12.5 Å². The van der Waals surface area contributed by atoms with Crippen molar-refractivity contribution < 1.29 is 14.7 Å². The Bertz CT molecular complexity index is 496. The van der Waals surface area contributed by atoms with Gasteiger partial charge in [0.25, 0.3) is 5.91 Å². The maximum Gasteiger partial charge on any atom is 0.253 e. The van der Waals surface area contributed by atoms with Gasteiger partial charge in [0.2, 0.25) is 0 Å². The number of oxime groups is 1. The minimum absolute atomic E-state index is 0.0125. The number of carbonyl (C=O) groups excluding carboxylic acids is 1. The SMILES string of the molecule is CN(C(=O)c1cccc(/C(N)=N/O)c1)C1CCOC1. The zero-order valence-corrected chi connectivity index (χ0v) is 10.7. The van der Waals surface area contributed by atoms with Crippen LogP contribution < -0.4 is 5.73 Å². The van der Waals surface area contributed by atoms with E-state index in [-0.39, 0.29) is 17.8 Å². The van der Waals surface area contributed by atoms with E-state index in [1.54, 1.807) is 36.2 Å². The highest BCUT2D eigenvalue weighted by molar-refractivity contribution is 6.01. The maximum absolute atomic E-state index is 12.3. The second-order valence-electron chi connectivity index (χ2n) is 4.50. The van der Waals surface area contributed by atoms with Crippen LogP contribution in [0.4, 0.5) is 0 Å². The number of likely N-dealkylation sites (N-methyl/N-ethyl adjacent to an activating group) is 1. The molecule has 3 N–H and O–H groups in total. The van der Waals surface area contributed by atoms with Crippen LogP contribution >= 0.6 is 0 Å². The first-order chi connectivity index (χ1) is 9.13. The number of hydrogen-bond acceptors (Lipinski definition) is 4. The van der Waals surface area contributed by atoms with Gasteiger partial charge >= 0.3 is 0 Å². The highest BCUT2D eigenvalue weighted by Crippen LogP contribution is 2.15. The molecule has 2 rings (SSSR count). The minimum atomic E-state index is -0.0944. The summed E-state index contributed by atoms with van der Waals surface area (Å²) in [6, 6.07) is 6.83. The lowest BCUT2D eigenvalue weighted by atomic mass is 10.1. The summed E-state index contributed by atoms with van der Waals surface area (Å²) in [4.78, 5) is 14.0. The summed E-state index contributed by atoms with van der Waals surface area (Å²) in [5, 5.41) is 11.6. The molecule has 0 bridgehead atoms. The summed E-state index contributed by atoms with van der Waals surface area (Å²) in [7, 11) is 1.76. The molecule has 1 amide bonds. The number of carbonyl (C=O) groups is 1. The summed E-state index contributed by atoms with van der Waals surface area (Å²) in [6.07, 6.45) is 0.849. The number of nitrogens with two attached hydrogens (primary N) is 1. The molecule has 6 heteroatoms. The van der Waals surface area contributed by atoms with Gasteiger partial charge in [-0.15, -0.1) is 0 Å². The van der Waals surface area contributed by atoms with Crippen molar-refractivity contribution in [3.63, 3.8) is 0 Å².